The largest absolute Gasteiger partial charge is 0.346 e. The maximum Gasteiger partial charge on any atom is 0.189 e. The number of hydrogen-bond donors (Lipinski definition) is 1. The van der Waals surface area contributed by atoms with Crippen LogP contribution in [0.3, 0.4) is 0 Å². The Morgan fingerprint density at radius 1 is 1.21 bits per heavy atom. The molecule has 0 saturated carbocycles. The lowest BCUT2D eigenvalue weighted by Gasteiger charge is -2.31. The summed E-state index contributed by atoms with van der Waals surface area (Å²) in [5, 5.41) is 4.16. The molecule has 1 N–H and O–H groups in total. The average Bonchev–Trinajstić information content (AvgIpc) is 2.37. The van der Waals surface area contributed by atoms with E-state index in [4.69, 9.17) is 0 Å². The van der Waals surface area contributed by atoms with E-state index in [1.165, 1.54) is 0 Å². The second kappa shape index (κ2) is 5.17. The zero-order chi connectivity index (χ0) is 14.0. The molecule has 19 heavy (non-hydrogen) atoms. The van der Waals surface area contributed by atoms with Crippen molar-refractivity contribution in [3.05, 3.63) is 46.8 Å². The number of pyridine rings is 1. The number of benzene rings is 1. The van der Waals surface area contributed by atoms with E-state index in [1.54, 1.807) is 6.07 Å². The van der Waals surface area contributed by atoms with Crippen LogP contribution in [0, 0.1) is 5.41 Å². The van der Waals surface area contributed by atoms with Gasteiger partial charge in [0.1, 0.15) is 0 Å². The van der Waals surface area contributed by atoms with Crippen LogP contribution in [0.1, 0.15) is 20.8 Å². The van der Waals surface area contributed by atoms with E-state index in [9.17, 15) is 4.79 Å². The number of para-hydroxylation sites is 1. The highest BCUT2D eigenvalue weighted by molar-refractivity contribution is 5.78. The Kier molecular flexibility index (Phi) is 3.76. The van der Waals surface area contributed by atoms with Crippen LogP contribution >= 0.6 is 0 Å². The van der Waals surface area contributed by atoms with Crippen LogP contribution in [0.5, 0.6) is 0 Å². The lowest BCUT2D eigenvalue weighted by molar-refractivity contribution is 0.256. The van der Waals surface area contributed by atoms with Crippen LogP contribution in [0.4, 0.5) is 0 Å². The topological polar surface area (TPSA) is 34.0 Å². The summed E-state index contributed by atoms with van der Waals surface area (Å²) in [4.78, 5) is 11.9. The molecule has 1 aromatic carbocycles. The van der Waals surface area contributed by atoms with Gasteiger partial charge in [-0.25, -0.2) is 0 Å². The molecule has 0 bridgehead atoms. The fraction of sp³-hybridized carbons (Fsp3) is 0.438. The third-order valence-electron chi connectivity index (χ3n) is 3.66. The van der Waals surface area contributed by atoms with Crippen molar-refractivity contribution < 1.29 is 0 Å². The normalized spacial score (nSPS) is 13.7. The van der Waals surface area contributed by atoms with Gasteiger partial charge >= 0.3 is 0 Å². The summed E-state index contributed by atoms with van der Waals surface area (Å²) in [7, 11) is 1.99. The maximum absolute atomic E-state index is 11.9. The fourth-order valence-electron chi connectivity index (χ4n) is 2.41. The predicted octanol–water partition coefficient (Wildman–Crippen LogP) is 2.64. The number of nitrogens with zero attached hydrogens (tertiary/aromatic N) is 1. The van der Waals surface area contributed by atoms with Gasteiger partial charge < -0.3 is 9.88 Å². The zero-order valence-corrected chi connectivity index (χ0v) is 12.1. The number of nitrogens with one attached hydrogen (secondary N) is 1. The van der Waals surface area contributed by atoms with Crippen molar-refractivity contribution in [2.75, 3.05) is 7.05 Å². The third-order valence-corrected chi connectivity index (χ3v) is 3.66. The smallest absolute Gasteiger partial charge is 0.189 e. The van der Waals surface area contributed by atoms with Gasteiger partial charge in [-0.1, -0.05) is 32.9 Å². The number of rotatable bonds is 3. The summed E-state index contributed by atoms with van der Waals surface area (Å²) in [6.07, 6.45) is 1.89. The molecule has 0 fully saturated rings. The summed E-state index contributed by atoms with van der Waals surface area (Å²) >= 11 is 0. The zero-order valence-electron chi connectivity index (χ0n) is 12.1. The van der Waals surface area contributed by atoms with Crippen molar-refractivity contribution in [1.29, 1.82) is 0 Å². The maximum atomic E-state index is 11.9. The van der Waals surface area contributed by atoms with Crippen molar-refractivity contribution in [1.82, 2.24) is 9.88 Å². The Morgan fingerprint density at radius 2 is 1.89 bits per heavy atom. The van der Waals surface area contributed by atoms with Crippen molar-refractivity contribution in [3.8, 4) is 0 Å². The van der Waals surface area contributed by atoms with E-state index in [0.717, 1.165) is 17.4 Å². The van der Waals surface area contributed by atoms with Gasteiger partial charge in [0.05, 0.1) is 5.52 Å². The molecule has 2 rings (SSSR count). The van der Waals surface area contributed by atoms with Crippen molar-refractivity contribution in [2.45, 2.75) is 33.4 Å². The van der Waals surface area contributed by atoms with E-state index >= 15 is 0 Å². The quantitative estimate of drug-likeness (QED) is 0.918. The van der Waals surface area contributed by atoms with Crippen molar-refractivity contribution in [3.63, 3.8) is 0 Å². The molecule has 102 valence electrons. The molecule has 3 heteroatoms. The van der Waals surface area contributed by atoms with Gasteiger partial charge in [0.25, 0.3) is 0 Å². The summed E-state index contributed by atoms with van der Waals surface area (Å²) < 4.78 is 2.16. The monoisotopic (exact) mass is 258 g/mol. The molecule has 0 aliphatic rings. The van der Waals surface area contributed by atoms with Crippen LogP contribution in [-0.4, -0.2) is 17.7 Å². The molecule has 0 saturated heterocycles. The summed E-state index contributed by atoms with van der Waals surface area (Å²) in [6.45, 7) is 7.51. The van der Waals surface area contributed by atoms with Crippen LogP contribution < -0.4 is 10.7 Å². The lowest BCUT2D eigenvalue weighted by atomic mass is 9.86. The van der Waals surface area contributed by atoms with Crippen LogP contribution in [-0.2, 0) is 6.54 Å². The van der Waals surface area contributed by atoms with Crippen LogP contribution in [0.15, 0.2) is 41.3 Å². The number of likely N-dealkylation sites (N-methyl/N-ethyl adjacent to an activating group) is 1. The minimum Gasteiger partial charge on any atom is -0.346 e. The third kappa shape index (κ3) is 2.87. The molecule has 0 spiro atoms. The van der Waals surface area contributed by atoms with Gasteiger partial charge in [0.2, 0.25) is 0 Å². The molecule has 1 atom stereocenters. The molecule has 0 aliphatic heterocycles. The summed E-state index contributed by atoms with van der Waals surface area (Å²) in [5.74, 6) is 0. The minimum atomic E-state index is 0.0867. The first kappa shape index (κ1) is 13.8. The van der Waals surface area contributed by atoms with Crippen molar-refractivity contribution >= 4 is 10.9 Å². The minimum absolute atomic E-state index is 0.0867. The molecule has 1 unspecified atom stereocenters. The Balaban J connectivity index is 2.47. The first-order valence-corrected chi connectivity index (χ1v) is 6.69. The SMILES string of the molecule is CNC(Cn1ccc(=O)c2ccccc21)C(C)(C)C. The molecule has 1 heterocycles. The molecule has 3 nitrogen and oxygen atoms in total. The molecule has 1 aromatic heterocycles. The first-order chi connectivity index (χ1) is 8.93. The van der Waals surface area contributed by atoms with Crippen LogP contribution in [0.25, 0.3) is 10.9 Å². The Hall–Kier alpha value is -1.61. The van der Waals surface area contributed by atoms with Crippen molar-refractivity contribution in [2.24, 2.45) is 5.41 Å². The summed E-state index contributed by atoms with van der Waals surface area (Å²) in [6, 6.07) is 9.78. The molecular weight excluding hydrogens is 236 g/mol. The average molecular weight is 258 g/mol. The second-order valence-corrected chi connectivity index (χ2v) is 6.06. The van der Waals surface area contributed by atoms with E-state index < -0.39 is 0 Å². The highest BCUT2D eigenvalue weighted by atomic mass is 16.1. The molecule has 0 radical (unpaired) electrons. The highest BCUT2D eigenvalue weighted by Gasteiger charge is 2.23. The second-order valence-electron chi connectivity index (χ2n) is 6.06. The standard InChI is InChI=1S/C16H22N2O/c1-16(2,3)15(17-4)11-18-10-9-14(19)12-7-5-6-8-13(12)18/h5-10,15,17H,11H2,1-4H3. The predicted molar refractivity (Wildman–Crippen MR) is 80.5 cm³/mol. The van der Waals surface area contributed by atoms with Crippen LogP contribution in [0.2, 0.25) is 0 Å². The van der Waals surface area contributed by atoms with E-state index in [2.05, 4.69) is 30.7 Å². The van der Waals surface area contributed by atoms with Gasteiger partial charge in [-0.05, 0) is 24.6 Å². The van der Waals surface area contributed by atoms with Gasteiger partial charge in [0, 0.05) is 30.2 Å². The van der Waals surface area contributed by atoms with Gasteiger partial charge in [-0.15, -0.1) is 0 Å². The number of aromatic nitrogens is 1. The molecule has 0 aliphatic carbocycles. The lowest BCUT2D eigenvalue weighted by Crippen LogP contribution is -2.41. The highest BCUT2D eigenvalue weighted by Crippen LogP contribution is 2.21. The Bertz CT molecular complexity index is 622. The first-order valence-electron chi connectivity index (χ1n) is 6.69. The van der Waals surface area contributed by atoms with E-state index in [-0.39, 0.29) is 10.8 Å². The summed E-state index contributed by atoms with van der Waals surface area (Å²) in [5.41, 5.74) is 1.25. The van der Waals surface area contributed by atoms with Gasteiger partial charge in [-0.2, -0.15) is 0 Å². The molecular formula is C16H22N2O. The molecule has 2 aromatic rings. The van der Waals surface area contributed by atoms with E-state index in [0.29, 0.717) is 6.04 Å². The Morgan fingerprint density at radius 3 is 2.53 bits per heavy atom. The Labute approximate surface area is 114 Å². The molecule has 0 amide bonds. The number of fused-ring (bicyclic) bond motifs is 1. The van der Waals surface area contributed by atoms with Gasteiger partial charge in [-0.3, -0.25) is 4.79 Å². The fourth-order valence-corrected chi connectivity index (χ4v) is 2.41. The van der Waals surface area contributed by atoms with E-state index in [1.807, 2.05) is 37.5 Å². The number of hydrogen-bond acceptors (Lipinski definition) is 2. The van der Waals surface area contributed by atoms with Gasteiger partial charge in [0.15, 0.2) is 5.43 Å².